The van der Waals surface area contributed by atoms with Crippen molar-refractivity contribution in [2.45, 2.75) is 6.92 Å². The van der Waals surface area contributed by atoms with E-state index in [1.807, 2.05) is 19.1 Å². The molecular weight excluding hydrogens is 293 g/mol. The summed E-state index contributed by atoms with van der Waals surface area (Å²) in [5, 5.41) is 11.6. The van der Waals surface area contributed by atoms with Crippen LogP contribution >= 0.6 is 11.6 Å². The molecule has 0 saturated heterocycles. The maximum Gasteiger partial charge on any atom is 0.187 e. The Bertz CT molecular complexity index is 749. The van der Waals surface area contributed by atoms with E-state index in [-0.39, 0.29) is 5.02 Å². The fraction of sp³-hybridized carbons (Fsp3) is 0.0714. The molecule has 0 amide bonds. The van der Waals surface area contributed by atoms with Gasteiger partial charge < -0.3 is 5.73 Å². The Labute approximate surface area is 125 Å². The van der Waals surface area contributed by atoms with Gasteiger partial charge in [-0.2, -0.15) is 4.68 Å². The van der Waals surface area contributed by atoms with Crippen LogP contribution in [0, 0.1) is 12.7 Å². The van der Waals surface area contributed by atoms with E-state index in [0.29, 0.717) is 17.2 Å². The Balaban J connectivity index is 2.12. The average Bonchev–Trinajstić information content (AvgIpc) is 2.94. The Kier molecular flexibility index (Phi) is 3.31. The van der Waals surface area contributed by atoms with E-state index in [1.54, 1.807) is 12.1 Å². The van der Waals surface area contributed by atoms with Gasteiger partial charge in [0.1, 0.15) is 5.82 Å². The zero-order chi connectivity index (χ0) is 15.0. The number of hydrogen-bond donors (Lipinski definition) is 1. The topological polar surface area (TPSA) is 69.6 Å². The minimum atomic E-state index is -0.491. The molecule has 1 heterocycles. The number of aryl methyl sites for hydroxylation is 1. The van der Waals surface area contributed by atoms with Gasteiger partial charge in [-0.05, 0) is 47.2 Å². The number of halogens is 2. The largest absolute Gasteiger partial charge is 0.398 e. The molecule has 0 fully saturated rings. The molecule has 1 aromatic heterocycles. The lowest BCUT2D eigenvalue weighted by Gasteiger charge is -2.07. The van der Waals surface area contributed by atoms with Crippen LogP contribution in [0.5, 0.6) is 0 Å². The first kappa shape index (κ1) is 13.5. The molecule has 5 nitrogen and oxygen atoms in total. The molecule has 106 valence electrons. The third-order valence-electron chi connectivity index (χ3n) is 3.15. The van der Waals surface area contributed by atoms with E-state index in [9.17, 15) is 4.39 Å². The quantitative estimate of drug-likeness (QED) is 0.739. The predicted octanol–water partition coefficient (Wildman–Crippen LogP) is 3.01. The maximum atomic E-state index is 13.3. The fourth-order valence-electron chi connectivity index (χ4n) is 1.94. The molecule has 0 spiro atoms. The van der Waals surface area contributed by atoms with Crippen LogP contribution in [0.2, 0.25) is 5.02 Å². The maximum absolute atomic E-state index is 13.3. The summed E-state index contributed by atoms with van der Waals surface area (Å²) in [5.74, 6) is 0.0130. The van der Waals surface area contributed by atoms with Crippen molar-refractivity contribution in [2.24, 2.45) is 0 Å². The molecule has 3 aromatic rings. The minimum Gasteiger partial charge on any atom is -0.398 e. The molecule has 21 heavy (non-hydrogen) atoms. The van der Waals surface area contributed by atoms with Gasteiger partial charge in [0, 0.05) is 11.3 Å². The molecule has 0 aliphatic heterocycles. The smallest absolute Gasteiger partial charge is 0.187 e. The molecule has 7 heteroatoms. The SMILES string of the molecule is Cc1ccc(-c2nnnn2-c2ccc(F)c(Cl)c2)cc1N. The lowest BCUT2D eigenvalue weighted by atomic mass is 10.1. The summed E-state index contributed by atoms with van der Waals surface area (Å²) in [6, 6.07) is 9.85. The lowest BCUT2D eigenvalue weighted by molar-refractivity contribution is 0.627. The van der Waals surface area contributed by atoms with E-state index < -0.39 is 5.82 Å². The van der Waals surface area contributed by atoms with Crippen molar-refractivity contribution in [1.82, 2.24) is 20.2 Å². The van der Waals surface area contributed by atoms with Crippen molar-refractivity contribution in [1.29, 1.82) is 0 Å². The summed E-state index contributed by atoms with van der Waals surface area (Å²) in [4.78, 5) is 0. The van der Waals surface area contributed by atoms with Gasteiger partial charge in [-0.3, -0.25) is 0 Å². The average molecular weight is 304 g/mol. The highest BCUT2D eigenvalue weighted by Gasteiger charge is 2.13. The Morgan fingerprint density at radius 2 is 2.00 bits per heavy atom. The van der Waals surface area contributed by atoms with E-state index in [2.05, 4.69) is 15.5 Å². The van der Waals surface area contributed by atoms with Crippen LogP contribution in [-0.2, 0) is 0 Å². The molecule has 0 saturated carbocycles. The molecule has 0 aliphatic rings. The summed E-state index contributed by atoms with van der Waals surface area (Å²) in [7, 11) is 0. The van der Waals surface area contributed by atoms with Gasteiger partial charge in [-0.25, -0.2) is 4.39 Å². The number of nitrogens with zero attached hydrogens (tertiary/aromatic N) is 4. The lowest BCUT2D eigenvalue weighted by Crippen LogP contribution is -2.01. The van der Waals surface area contributed by atoms with Gasteiger partial charge in [-0.1, -0.05) is 23.7 Å². The van der Waals surface area contributed by atoms with Gasteiger partial charge in [0.25, 0.3) is 0 Å². The normalized spacial score (nSPS) is 10.8. The van der Waals surface area contributed by atoms with Gasteiger partial charge in [-0.15, -0.1) is 5.10 Å². The van der Waals surface area contributed by atoms with Gasteiger partial charge in [0.2, 0.25) is 0 Å². The van der Waals surface area contributed by atoms with E-state index >= 15 is 0 Å². The second-order valence-electron chi connectivity index (χ2n) is 4.58. The van der Waals surface area contributed by atoms with Gasteiger partial charge in [0.05, 0.1) is 10.7 Å². The third kappa shape index (κ3) is 2.45. The molecule has 0 atom stereocenters. The van der Waals surface area contributed by atoms with Crippen LogP contribution < -0.4 is 5.73 Å². The van der Waals surface area contributed by atoms with Crippen LogP contribution in [0.4, 0.5) is 10.1 Å². The number of anilines is 1. The summed E-state index contributed by atoms with van der Waals surface area (Å²) >= 11 is 5.80. The van der Waals surface area contributed by atoms with Crippen LogP contribution in [-0.4, -0.2) is 20.2 Å². The zero-order valence-electron chi connectivity index (χ0n) is 11.1. The van der Waals surface area contributed by atoms with Crippen molar-refractivity contribution < 1.29 is 4.39 Å². The number of hydrogen-bond acceptors (Lipinski definition) is 4. The number of nitrogens with two attached hydrogens (primary N) is 1. The molecule has 2 N–H and O–H groups in total. The van der Waals surface area contributed by atoms with E-state index in [1.165, 1.54) is 16.8 Å². The van der Waals surface area contributed by atoms with Crippen molar-refractivity contribution in [3.8, 4) is 17.1 Å². The minimum absolute atomic E-state index is 0.0115. The summed E-state index contributed by atoms with van der Waals surface area (Å²) in [6.07, 6.45) is 0. The first-order valence-corrected chi connectivity index (χ1v) is 6.54. The Hall–Kier alpha value is -2.47. The van der Waals surface area contributed by atoms with Crippen molar-refractivity contribution in [3.05, 3.63) is 52.8 Å². The second-order valence-corrected chi connectivity index (χ2v) is 4.99. The second kappa shape index (κ2) is 5.14. The fourth-order valence-corrected chi connectivity index (χ4v) is 2.11. The van der Waals surface area contributed by atoms with Crippen molar-refractivity contribution >= 4 is 17.3 Å². The number of aromatic nitrogens is 4. The number of rotatable bonds is 2. The summed E-state index contributed by atoms with van der Waals surface area (Å²) in [5.41, 5.74) is 8.87. The van der Waals surface area contributed by atoms with E-state index in [4.69, 9.17) is 17.3 Å². The van der Waals surface area contributed by atoms with Crippen molar-refractivity contribution in [3.63, 3.8) is 0 Å². The van der Waals surface area contributed by atoms with Crippen LogP contribution in [0.15, 0.2) is 36.4 Å². The monoisotopic (exact) mass is 303 g/mol. The highest BCUT2D eigenvalue weighted by Crippen LogP contribution is 2.25. The number of nitrogen functional groups attached to an aromatic ring is 1. The molecule has 0 aliphatic carbocycles. The number of tetrazole rings is 1. The first-order valence-electron chi connectivity index (χ1n) is 6.16. The van der Waals surface area contributed by atoms with Crippen LogP contribution in [0.25, 0.3) is 17.1 Å². The first-order chi connectivity index (χ1) is 10.1. The molecule has 0 bridgehead atoms. The molecule has 0 radical (unpaired) electrons. The zero-order valence-corrected chi connectivity index (χ0v) is 11.8. The van der Waals surface area contributed by atoms with Gasteiger partial charge >= 0.3 is 0 Å². The molecule has 2 aromatic carbocycles. The highest BCUT2D eigenvalue weighted by atomic mass is 35.5. The Morgan fingerprint density at radius 3 is 2.71 bits per heavy atom. The Morgan fingerprint density at radius 1 is 1.19 bits per heavy atom. The number of benzene rings is 2. The molecular formula is C14H11ClFN5. The summed E-state index contributed by atoms with van der Waals surface area (Å²) in [6.45, 7) is 1.92. The predicted molar refractivity (Wildman–Crippen MR) is 78.7 cm³/mol. The van der Waals surface area contributed by atoms with Crippen molar-refractivity contribution in [2.75, 3.05) is 5.73 Å². The van der Waals surface area contributed by atoms with Gasteiger partial charge in [0.15, 0.2) is 5.82 Å². The summed E-state index contributed by atoms with van der Waals surface area (Å²) < 4.78 is 14.7. The molecule has 3 rings (SSSR count). The molecule has 0 unspecified atom stereocenters. The standard InChI is InChI=1S/C14H11ClFN5/c1-8-2-3-9(6-13(8)17)14-18-19-20-21(14)10-4-5-12(16)11(15)7-10/h2-7H,17H2,1H3. The van der Waals surface area contributed by atoms with Crippen LogP contribution in [0.3, 0.4) is 0 Å². The third-order valence-corrected chi connectivity index (χ3v) is 3.44. The highest BCUT2D eigenvalue weighted by molar-refractivity contribution is 6.30. The van der Waals surface area contributed by atoms with Crippen LogP contribution in [0.1, 0.15) is 5.56 Å². The van der Waals surface area contributed by atoms with E-state index in [0.717, 1.165) is 11.1 Å².